The van der Waals surface area contributed by atoms with Crippen LogP contribution in [-0.2, 0) is 0 Å². The maximum atomic E-state index is 13.6. The minimum Gasteiger partial charge on any atom is -0.503 e. The number of aliphatic hydroxyl groups excluding tert-OH is 1. The molecule has 0 saturated carbocycles. The number of aliphatic imine (C=N–C) groups is 1. The van der Waals surface area contributed by atoms with Crippen molar-refractivity contribution >= 4 is 28.2 Å². The van der Waals surface area contributed by atoms with Gasteiger partial charge in [0.15, 0.2) is 17.2 Å². The number of rotatable bonds is 5. The zero-order valence-electron chi connectivity index (χ0n) is 16.1. The first-order valence-electron chi connectivity index (χ1n) is 9.23. The number of benzene rings is 1. The number of pyridine rings is 1. The molecule has 1 atom stereocenters. The van der Waals surface area contributed by atoms with Gasteiger partial charge in [-0.15, -0.1) is 0 Å². The smallest absolute Gasteiger partial charge is 0.182 e. The Morgan fingerprint density at radius 1 is 1.30 bits per heavy atom. The molecule has 0 aliphatic heterocycles. The van der Waals surface area contributed by atoms with Crippen molar-refractivity contribution in [3.05, 3.63) is 48.2 Å². The summed E-state index contributed by atoms with van der Waals surface area (Å²) in [6, 6.07) is 5.54. The molecule has 4 rings (SSSR count). The normalized spacial score (nSPS) is 13.2. The van der Waals surface area contributed by atoms with E-state index in [0.29, 0.717) is 27.7 Å². The lowest BCUT2D eigenvalue weighted by Gasteiger charge is -2.13. The highest BCUT2D eigenvalue weighted by atomic mass is 19.1. The Morgan fingerprint density at radius 3 is 2.87 bits per heavy atom. The highest BCUT2D eigenvalue weighted by Gasteiger charge is 2.21. The van der Waals surface area contributed by atoms with E-state index in [1.165, 1.54) is 16.6 Å². The van der Waals surface area contributed by atoms with Crippen LogP contribution in [0.2, 0.25) is 0 Å². The summed E-state index contributed by atoms with van der Waals surface area (Å²) in [5, 5.41) is 24.3. The van der Waals surface area contributed by atoms with Crippen LogP contribution in [0.15, 0.2) is 41.7 Å². The van der Waals surface area contributed by atoms with Gasteiger partial charge in [0, 0.05) is 29.1 Å². The van der Waals surface area contributed by atoms with Crippen LogP contribution in [0.25, 0.3) is 27.7 Å². The first-order chi connectivity index (χ1) is 14.4. The fraction of sp³-hybridized carbons (Fsp3) is 0.200. The van der Waals surface area contributed by atoms with E-state index < -0.39 is 6.04 Å². The van der Waals surface area contributed by atoms with E-state index >= 15 is 0 Å². The average Bonchev–Trinajstić information content (AvgIpc) is 3.14. The molecule has 9 nitrogen and oxygen atoms in total. The summed E-state index contributed by atoms with van der Waals surface area (Å²) in [6.45, 7) is 1.57. The van der Waals surface area contributed by atoms with Crippen LogP contribution >= 0.6 is 0 Å². The maximum absolute atomic E-state index is 13.6. The van der Waals surface area contributed by atoms with Gasteiger partial charge in [-0.1, -0.05) is 0 Å². The van der Waals surface area contributed by atoms with Gasteiger partial charge in [0.1, 0.15) is 11.5 Å². The number of amidine groups is 1. The molecule has 3 aromatic heterocycles. The fourth-order valence-corrected chi connectivity index (χ4v) is 3.26. The van der Waals surface area contributed by atoms with Crippen molar-refractivity contribution in [1.82, 2.24) is 19.6 Å². The van der Waals surface area contributed by atoms with Gasteiger partial charge in [-0.3, -0.25) is 9.98 Å². The molecule has 0 radical (unpaired) electrons. The molecule has 30 heavy (non-hydrogen) atoms. The van der Waals surface area contributed by atoms with Crippen molar-refractivity contribution in [1.29, 1.82) is 0 Å². The quantitative estimate of drug-likeness (QED) is 0.292. The first kappa shape index (κ1) is 19.5. The second-order valence-corrected chi connectivity index (χ2v) is 6.86. The first-order valence-corrected chi connectivity index (χ1v) is 9.23. The summed E-state index contributed by atoms with van der Waals surface area (Å²) in [6.07, 6.45) is 3.40. The van der Waals surface area contributed by atoms with Crippen LogP contribution in [0, 0.1) is 5.82 Å². The molecule has 1 aromatic carbocycles. The van der Waals surface area contributed by atoms with E-state index in [9.17, 15) is 9.50 Å². The SMILES string of the molecule is CC(N=C(N)CCO)c1nc2c(-c3cnc4ccc(F)cc4c3)cnn2c(N)c1O. The predicted octanol–water partition coefficient (Wildman–Crippen LogP) is 2.17. The summed E-state index contributed by atoms with van der Waals surface area (Å²) in [5.41, 5.74) is 14.4. The lowest BCUT2D eigenvalue weighted by Crippen LogP contribution is -2.15. The van der Waals surface area contributed by atoms with E-state index in [1.807, 2.05) is 0 Å². The number of aliphatic hydroxyl groups is 1. The Labute approximate surface area is 170 Å². The molecular weight excluding hydrogens is 389 g/mol. The number of nitrogen functional groups attached to an aromatic ring is 1. The van der Waals surface area contributed by atoms with Crippen LogP contribution in [0.1, 0.15) is 25.1 Å². The van der Waals surface area contributed by atoms with E-state index in [1.54, 1.807) is 31.5 Å². The number of aromatic nitrogens is 4. The summed E-state index contributed by atoms with van der Waals surface area (Å²) < 4.78 is 14.9. The molecule has 0 saturated heterocycles. The highest BCUT2D eigenvalue weighted by Crippen LogP contribution is 2.34. The molecular formula is C20H20FN7O2. The third-order valence-corrected chi connectivity index (χ3v) is 4.76. The Bertz CT molecular complexity index is 1290. The summed E-state index contributed by atoms with van der Waals surface area (Å²) in [7, 11) is 0. The zero-order chi connectivity index (χ0) is 21.4. The molecule has 0 aliphatic carbocycles. The number of anilines is 1. The van der Waals surface area contributed by atoms with Gasteiger partial charge < -0.3 is 21.7 Å². The van der Waals surface area contributed by atoms with Crippen molar-refractivity contribution in [3.8, 4) is 16.9 Å². The summed E-state index contributed by atoms with van der Waals surface area (Å²) in [4.78, 5) is 13.2. The number of nitrogens with two attached hydrogens (primary N) is 2. The lowest BCUT2D eigenvalue weighted by atomic mass is 10.1. The van der Waals surface area contributed by atoms with Gasteiger partial charge in [-0.25, -0.2) is 9.37 Å². The van der Waals surface area contributed by atoms with Crippen molar-refractivity contribution in [3.63, 3.8) is 0 Å². The minimum atomic E-state index is -0.601. The summed E-state index contributed by atoms with van der Waals surface area (Å²) >= 11 is 0. The highest BCUT2D eigenvalue weighted by molar-refractivity contribution is 5.87. The largest absolute Gasteiger partial charge is 0.503 e. The fourth-order valence-electron chi connectivity index (χ4n) is 3.26. The molecule has 0 bridgehead atoms. The van der Waals surface area contributed by atoms with E-state index in [0.717, 1.165) is 0 Å². The Kier molecular flexibility index (Phi) is 4.92. The van der Waals surface area contributed by atoms with Gasteiger partial charge >= 0.3 is 0 Å². The number of nitrogens with zero attached hydrogens (tertiary/aromatic N) is 5. The second-order valence-electron chi connectivity index (χ2n) is 6.86. The molecule has 0 fully saturated rings. The van der Waals surface area contributed by atoms with Crippen molar-refractivity contribution < 1.29 is 14.6 Å². The van der Waals surface area contributed by atoms with E-state index in [2.05, 4.69) is 20.1 Å². The van der Waals surface area contributed by atoms with Gasteiger partial charge in [0.2, 0.25) is 0 Å². The maximum Gasteiger partial charge on any atom is 0.182 e. The lowest BCUT2D eigenvalue weighted by molar-refractivity contribution is 0.306. The van der Waals surface area contributed by atoms with Crippen molar-refractivity contribution in [2.45, 2.75) is 19.4 Å². The van der Waals surface area contributed by atoms with Gasteiger partial charge in [0.05, 0.1) is 30.2 Å². The summed E-state index contributed by atoms with van der Waals surface area (Å²) in [5.74, 6) is -0.366. The number of halogens is 1. The molecule has 1 unspecified atom stereocenters. The molecule has 4 aromatic rings. The molecule has 0 spiro atoms. The Hall–Kier alpha value is -3.79. The monoisotopic (exact) mass is 409 g/mol. The number of fused-ring (bicyclic) bond motifs is 2. The zero-order valence-corrected chi connectivity index (χ0v) is 16.1. The van der Waals surface area contributed by atoms with Gasteiger partial charge in [-0.2, -0.15) is 9.61 Å². The van der Waals surface area contributed by atoms with Gasteiger partial charge in [-0.05, 0) is 31.2 Å². The van der Waals surface area contributed by atoms with Crippen LogP contribution in [0.5, 0.6) is 5.75 Å². The molecule has 6 N–H and O–H groups in total. The van der Waals surface area contributed by atoms with E-state index in [4.69, 9.17) is 16.6 Å². The number of hydrogen-bond acceptors (Lipinski definition) is 7. The van der Waals surface area contributed by atoms with E-state index in [-0.39, 0.29) is 41.9 Å². The third kappa shape index (κ3) is 3.37. The van der Waals surface area contributed by atoms with Crippen molar-refractivity contribution in [2.24, 2.45) is 10.7 Å². The Balaban J connectivity index is 1.86. The number of hydrogen-bond donors (Lipinski definition) is 4. The Morgan fingerprint density at radius 2 is 2.10 bits per heavy atom. The number of aromatic hydroxyl groups is 1. The molecule has 3 heterocycles. The predicted molar refractivity (Wildman–Crippen MR) is 111 cm³/mol. The van der Waals surface area contributed by atoms with Crippen LogP contribution in [0.4, 0.5) is 10.2 Å². The van der Waals surface area contributed by atoms with Gasteiger partial charge in [0.25, 0.3) is 0 Å². The van der Waals surface area contributed by atoms with Crippen LogP contribution in [0.3, 0.4) is 0 Å². The molecule has 0 aliphatic rings. The molecule has 10 heteroatoms. The molecule has 0 amide bonds. The van der Waals surface area contributed by atoms with Crippen LogP contribution < -0.4 is 11.5 Å². The van der Waals surface area contributed by atoms with Crippen molar-refractivity contribution in [2.75, 3.05) is 12.3 Å². The topological polar surface area (TPSA) is 148 Å². The average molecular weight is 409 g/mol. The second kappa shape index (κ2) is 7.56. The minimum absolute atomic E-state index is 0.00354. The third-order valence-electron chi connectivity index (χ3n) is 4.76. The standard InChI is InChI=1S/C20H20FN7O2/c1-10(26-16(22)4-5-29)17-18(30)19(23)28-20(27-17)14(9-25-28)12-6-11-7-13(21)2-3-15(11)24-8-12/h2-3,6-10,29-30H,4-5,23H2,1H3,(H2,22,26). The van der Waals surface area contributed by atoms with Crippen LogP contribution in [-0.4, -0.2) is 42.2 Å². The molecule has 154 valence electrons.